The Morgan fingerprint density at radius 1 is 1.13 bits per heavy atom. The molecule has 0 aliphatic carbocycles. The maximum absolute atomic E-state index is 13.2. The maximum Gasteiger partial charge on any atom is 0.416 e. The van der Waals surface area contributed by atoms with Gasteiger partial charge in [-0.3, -0.25) is 4.79 Å². The molecule has 1 N–H and O–H groups in total. The van der Waals surface area contributed by atoms with Crippen LogP contribution in [0.1, 0.15) is 18.4 Å². The summed E-state index contributed by atoms with van der Waals surface area (Å²) in [5, 5.41) is 2.58. The number of alkyl halides is 3. The second-order valence-electron chi connectivity index (χ2n) is 7.15. The minimum atomic E-state index is -4.46. The van der Waals surface area contributed by atoms with E-state index in [1.54, 1.807) is 12.1 Å². The van der Waals surface area contributed by atoms with E-state index in [1.807, 2.05) is 0 Å². The van der Waals surface area contributed by atoms with Crippen molar-refractivity contribution >= 4 is 44.4 Å². The number of fused-ring (bicyclic) bond motifs is 1. The van der Waals surface area contributed by atoms with Gasteiger partial charge in [-0.05, 0) is 49.2 Å². The Morgan fingerprint density at radius 2 is 1.87 bits per heavy atom. The number of rotatable bonds is 4. The predicted molar refractivity (Wildman–Crippen MR) is 109 cm³/mol. The van der Waals surface area contributed by atoms with Crippen LogP contribution in [0.5, 0.6) is 0 Å². The molecule has 1 fully saturated rings. The number of aromatic nitrogens is 2. The summed E-state index contributed by atoms with van der Waals surface area (Å²) in [6.45, 7) is 0.239. The fourth-order valence-corrected chi connectivity index (χ4v) is 5.77. The molecule has 0 spiro atoms. The van der Waals surface area contributed by atoms with Gasteiger partial charge in [0.15, 0.2) is 0 Å². The van der Waals surface area contributed by atoms with E-state index in [9.17, 15) is 26.4 Å². The molecular weight excluding hydrogens is 453 g/mol. The molecule has 1 atom stereocenters. The van der Waals surface area contributed by atoms with Crippen LogP contribution in [0.3, 0.4) is 0 Å². The predicted octanol–water partition coefficient (Wildman–Crippen LogP) is 3.75. The van der Waals surface area contributed by atoms with Crippen molar-refractivity contribution in [1.82, 2.24) is 13.1 Å². The van der Waals surface area contributed by atoms with Gasteiger partial charge < -0.3 is 5.32 Å². The van der Waals surface area contributed by atoms with Crippen molar-refractivity contribution in [1.29, 1.82) is 0 Å². The summed E-state index contributed by atoms with van der Waals surface area (Å²) in [4.78, 5) is 12.7. The highest BCUT2D eigenvalue weighted by Gasteiger charge is 2.35. The number of nitrogens with zero attached hydrogens (tertiary/aromatic N) is 3. The average molecular weight is 470 g/mol. The van der Waals surface area contributed by atoms with Gasteiger partial charge in [-0.2, -0.15) is 26.2 Å². The van der Waals surface area contributed by atoms with Crippen molar-refractivity contribution in [2.24, 2.45) is 5.92 Å². The second kappa shape index (κ2) is 8.17. The number of carbonyl (C=O) groups is 1. The smallest absolute Gasteiger partial charge is 0.326 e. The van der Waals surface area contributed by atoms with Crippen LogP contribution in [0, 0.1) is 5.92 Å². The van der Waals surface area contributed by atoms with E-state index in [0.717, 1.165) is 23.9 Å². The molecule has 1 amide bonds. The van der Waals surface area contributed by atoms with Gasteiger partial charge >= 0.3 is 6.18 Å². The van der Waals surface area contributed by atoms with Crippen LogP contribution in [0.4, 0.5) is 18.9 Å². The van der Waals surface area contributed by atoms with Gasteiger partial charge in [0.25, 0.3) is 0 Å². The van der Waals surface area contributed by atoms with Gasteiger partial charge in [0, 0.05) is 18.8 Å². The standard InChI is InChI=1S/C19H17F3N4O3S2/c20-19(21,22)13-6-8-14(9-7-13)23-18(27)12-3-2-10-26(11-12)31(28,29)16-5-1-4-15-17(16)25-30-24-15/h1,4-9,12H,2-3,10-11H2,(H,23,27). The first-order valence-corrected chi connectivity index (χ1v) is 11.5. The molecular formula is C19H17F3N4O3S2. The Morgan fingerprint density at radius 3 is 2.58 bits per heavy atom. The van der Waals surface area contributed by atoms with E-state index in [4.69, 9.17) is 0 Å². The zero-order valence-corrected chi connectivity index (χ0v) is 17.6. The molecule has 31 heavy (non-hydrogen) atoms. The molecule has 7 nitrogen and oxygen atoms in total. The van der Waals surface area contributed by atoms with E-state index < -0.39 is 33.6 Å². The Hall–Kier alpha value is -2.57. The van der Waals surface area contributed by atoms with Crippen LogP contribution >= 0.6 is 11.7 Å². The molecule has 1 aliphatic heterocycles. The Kier molecular flexibility index (Phi) is 5.71. The van der Waals surface area contributed by atoms with E-state index in [-0.39, 0.29) is 23.7 Å². The molecule has 4 rings (SSSR count). The quantitative estimate of drug-likeness (QED) is 0.627. The highest BCUT2D eigenvalue weighted by molar-refractivity contribution is 7.89. The summed E-state index contributed by atoms with van der Waals surface area (Å²) in [6.07, 6.45) is -3.51. The third-order valence-corrected chi connectivity index (χ3v) is 7.54. The van der Waals surface area contributed by atoms with Gasteiger partial charge in [0.1, 0.15) is 15.9 Å². The molecule has 1 aromatic heterocycles. The van der Waals surface area contributed by atoms with E-state index in [2.05, 4.69) is 14.1 Å². The molecule has 3 aromatic rings. The summed E-state index contributed by atoms with van der Waals surface area (Å²) in [6, 6.07) is 8.85. The summed E-state index contributed by atoms with van der Waals surface area (Å²) in [7, 11) is -3.89. The molecule has 0 bridgehead atoms. The van der Waals surface area contributed by atoms with Gasteiger partial charge in [0.2, 0.25) is 15.9 Å². The molecule has 1 aliphatic rings. The lowest BCUT2D eigenvalue weighted by Crippen LogP contribution is -2.43. The normalized spacial score (nSPS) is 18.2. The van der Waals surface area contributed by atoms with Gasteiger partial charge in [-0.25, -0.2) is 8.42 Å². The van der Waals surface area contributed by atoms with Gasteiger partial charge in [0.05, 0.1) is 23.2 Å². The second-order valence-corrected chi connectivity index (χ2v) is 9.59. The van der Waals surface area contributed by atoms with Crippen molar-refractivity contribution in [3.63, 3.8) is 0 Å². The number of hydrogen-bond acceptors (Lipinski definition) is 6. The summed E-state index contributed by atoms with van der Waals surface area (Å²) >= 11 is 0.921. The van der Waals surface area contributed by atoms with Crippen LogP contribution in [0.2, 0.25) is 0 Å². The fourth-order valence-electron chi connectivity index (χ4n) is 3.49. The molecule has 1 saturated heterocycles. The van der Waals surface area contributed by atoms with Crippen molar-refractivity contribution < 1.29 is 26.4 Å². The molecule has 2 heterocycles. The number of hydrogen-bond donors (Lipinski definition) is 1. The number of carbonyl (C=O) groups excluding carboxylic acids is 1. The number of benzene rings is 2. The number of nitrogens with one attached hydrogen (secondary N) is 1. The molecule has 1 unspecified atom stereocenters. The molecule has 12 heteroatoms. The first-order chi connectivity index (χ1) is 14.7. The van der Waals surface area contributed by atoms with E-state index >= 15 is 0 Å². The molecule has 2 aromatic carbocycles. The largest absolute Gasteiger partial charge is 0.416 e. The van der Waals surface area contributed by atoms with Crippen LogP contribution in [0.25, 0.3) is 11.0 Å². The number of piperidine rings is 1. The van der Waals surface area contributed by atoms with Crippen LogP contribution in [-0.2, 0) is 21.0 Å². The van der Waals surface area contributed by atoms with E-state index in [1.165, 1.54) is 22.5 Å². The van der Waals surface area contributed by atoms with Crippen LogP contribution in [-0.4, -0.2) is 40.5 Å². The number of anilines is 1. The first kappa shape index (κ1) is 21.7. The average Bonchev–Trinajstić information content (AvgIpc) is 3.22. The van der Waals surface area contributed by atoms with Crippen molar-refractivity contribution in [2.45, 2.75) is 23.9 Å². The Balaban J connectivity index is 1.49. The lowest BCUT2D eigenvalue weighted by molar-refractivity contribution is -0.137. The monoisotopic (exact) mass is 470 g/mol. The topological polar surface area (TPSA) is 92.3 Å². The summed E-state index contributed by atoms with van der Waals surface area (Å²) in [5.74, 6) is -1.06. The lowest BCUT2D eigenvalue weighted by Gasteiger charge is -2.31. The fraction of sp³-hybridized carbons (Fsp3) is 0.316. The zero-order valence-electron chi connectivity index (χ0n) is 16.0. The SMILES string of the molecule is O=C(Nc1ccc(C(F)(F)F)cc1)C1CCCN(S(=O)(=O)c2cccc3nsnc23)C1. The summed E-state index contributed by atoms with van der Waals surface area (Å²) < 4.78 is 73.8. The first-order valence-electron chi connectivity index (χ1n) is 9.36. The van der Waals surface area contributed by atoms with Gasteiger partial charge in [-0.1, -0.05) is 6.07 Å². The Labute approximate surface area is 180 Å². The minimum Gasteiger partial charge on any atom is -0.326 e. The molecule has 164 valence electrons. The third kappa shape index (κ3) is 4.41. The third-order valence-electron chi connectivity index (χ3n) is 5.10. The van der Waals surface area contributed by atoms with Crippen LogP contribution in [0.15, 0.2) is 47.4 Å². The van der Waals surface area contributed by atoms with Crippen molar-refractivity contribution in [3.8, 4) is 0 Å². The zero-order chi connectivity index (χ0) is 22.2. The maximum atomic E-state index is 13.2. The summed E-state index contributed by atoms with van der Waals surface area (Å²) in [5.41, 5.74) is 0.186. The van der Waals surface area contributed by atoms with Crippen LogP contribution < -0.4 is 5.32 Å². The number of halogens is 3. The Bertz CT molecular complexity index is 1210. The lowest BCUT2D eigenvalue weighted by atomic mass is 9.98. The number of amides is 1. The highest BCUT2D eigenvalue weighted by Crippen LogP contribution is 2.31. The molecule has 0 saturated carbocycles. The van der Waals surface area contributed by atoms with Crippen molar-refractivity contribution in [2.75, 3.05) is 18.4 Å². The highest BCUT2D eigenvalue weighted by atomic mass is 32.2. The van der Waals surface area contributed by atoms with E-state index in [0.29, 0.717) is 23.9 Å². The molecule has 0 radical (unpaired) electrons. The van der Waals surface area contributed by atoms with Crippen molar-refractivity contribution in [3.05, 3.63) is 48.0 Å². The number of sulfonamides is 1. The van der Waals surface area contributed by atoms with Gasteiger partial charge in [-0.15, -0.1) is 0 Å². The minimum absolute atomic E-state index is 0.0250.